The number of benzene rings is 1. The van der Waals surface area contributed by atoms with Gasteiger partial charge in [0.15, 0.2) is 0 Å². The van der Waals surface area contributed by atoms with Crippen LogP contribution in [0.15, 0.2) is 18.2 Å². The third-order valence-corrected chi connectivity index (χ3v) is 1.97. The van der Waals surface area contributed by atoms with Gasteiger partial charge in [-0.15, -0.1) is 0 Å². The minimum atomic E-state index is 0.137. The molecule has 0 amide bonds. The van der Waals surface area contributed by atoms with Gasteiger partial charge in [0.1, 0.15) is 5.75 Å². The minimum Gasteiger partial charge on any atom is -0.491 e. The molecule has 1 aromatic rings. The van der Waals surface area contributed by atoms with Crippen LogP contribution in [0.1, 0.15) is 25.0 Å². The molecule has 1 rings (SSSR count). The standard InChI is InChI=1S/C12H18N2O/c1-8(2)15-11-6-9(3)4-5-10(11)7-12(13)14/h4-6,8H,7H2,1-3H3,(H3,13,14). The molecule has 0 aromatic heterocycles. The molecule has 0 radical (unpaired) electrons. The predicted molar refractivity (Wildman–Crippen MR) is 62.6 cm³/mol. The van der Waals surface area contributed by atoms with Crippen molar-refractivity contribution in [3.05, 3.63) is 29.3 Å². The first kappa shape index (κ1) is 11.6. The Balaban J connectivity index is 2.97. The number of amidine groups is 1. The fourth-order valence-corrected chi connectivity index (χ4v) is 1.38. The van der Waals surface area contributed by atoms with Crippen LogP contribution in [-0.4, -0.2) is 11.9 Å². The predicted octanol–water partition coefficient (Wildman–Crippen LogP) is 2.26. The van der Waals surface area contributed by atoms with Crippen LogP contribution >= 0.6 is 0 Å². The maximum atomic E-state index is 7.29. The molecule has 3 heteroatoms. The van der Waals surface area contributed by atoms with Crippen molar-refractivity contribution in [1.82, 2.24) is 0 Å². The second kappa shape index (κ2) is 4.82. The highest BCUT2D eigenvalue weighted by atomic mass is 16.5. The Bertz CT molecular complexity index is 359. The van der Waals surface area contributed by atoms with Crippen molar-refractivity contribution in [3.8, 4) is 5.75 Å². The summed E-state index contributed by atoms with van der Waals surface area (Å²) in [6.07, 6.45) is 0.583. The molecule has 0 saturated carbocycles. The Hall–Kier alpha value is -1.51. The van der Waals surface area contributed by atoms with E-state index >= 15 is 0 Å². The summed E-state index contributed by atoms with van der Waals surface area (Å²) >= 11 is 0. The molecule has 0 aliphatic heterocycles. The smallest absolute Gasteiger partial charge is 0.123 e. The summed E-state index contributed by atoms with van der Waals surface area (Å²) in [4.78, 5) is 0. The molecule has 0 unspecified atom stereocenters. The van der Waals surface area contributed by atoms with Crippen LogP contribution in [0.25, 0.3) is 0 Å². The van der Waals surface area contributed by atoms with Crippen molar-refractivity contribution in [2.24, 2.45) is 5.73 Å². The van der Waals surface area contributed by atoms with Gasteiger partial charge in [0.05, 0.1) is 11.9 Å². The Morgan fingerprint density at radius 3 is 2.67 bits per heavy atom. The monoisotopic (exact) mass is 206 g/mol. The molecule has 0 fully saturated rings. The van der Waals surface area contributed by atoms with Gasteiger partial charge in [0.2, 0.25) is 0 Å². The molecule has 3 nitrogen and oxygen atoms in total. The molecule has 0 aliphatic carbocycles. The van der Waals surface area contributed by atoms with E-state index in [1.165, 1.54) is 0 Å². The fourth-order valence-electron chi connectivity index (χ4n) is 1.38. The first-order valence-electron chi connectivity index (χ1n) is 5.08. The van der Waals surface area contributed by atoms with E-state index in [4.69, 9.17) is 15.9 Å². The van der Waals surface area contributed by atoms with Crippen molar-refractivity contribution >= 4 is 5.84 Å². The molecule has 0 spiro atoms. The largest absolute Gasteiger partial charge is 0.491 e. The van der Waals surface area contributed by atoms with Crippen molar-refractivity contribution < 1.29 is 4.74 Å². The summed E-state index contributed by atoms with van der Waals surface area (Å²) < 4.78 is 5.67. The lowest BCUT2D eigenvalue weighted by molar-refractivity contribution is 0.240. The number of nitrogens with one attached hydrogen (secondary N) is 1. The van der Waals surface area contributed by atoms with Gasteiger partial charge >= 0.3 is 0 Å². The van der Waals surface area contributed by atoms with Gasteiger partial charge in [-0.3, -0.25) is 5.41 Å². The Morgan fingerprint density at radius 2 is 2.13 bits per heavy atom. The van der Waals surface area contributed by atoms with Gasteiger partial charge in [0.25, 0.3) is 0 Å². The summed E-state index contributed by atoms with van der Waals surface area (Å²) in [6, 6.07) is 5.96. The molecular formula is C12H18N2O. The molecule has 0 atom stereocenters. The van der Waals surface area contributed by atoms with Gasteiger partial charge in [-0.1, -0.05) is 12.1 Å². The molecule has 0 saturated heterocycles. The Kier molecular flexibility index (Phi) is 3.72. The van der Waals surface area contributed by atoms with Crippen LogP contribution in [-0.2, 0) is 6.42 Å². The first-order chi connectivity index (χ1) is 6.99. The van der Waals surface area contributed by atoms with E-state index in [2.05, 4.69) is 0 Å². The van der Waals surface area contributed by atoms with E-state index in [-0.39, 0.29) is 11.9 Å². The van der Waals surface area contributed by atoms with E-state index in [0.29, 0.717) is 6.42 Å². The van der Waals surface area contributed by atoms with Crippen molar-refractivity contribution in [1.29, 1.82) is 5.41 Å². The second-order valence-corrected chi connectivity index (χ2v) is 3.98. The second-order valence-electron chi connectivity index (χ2n) is 3.98. The van der Waals surface area contributed by atoms with Crippen LogP contribution in [0.3, 0.4) is 0 Å². The summed E-state index contributed by atoms with van der Waals surface area (Å²) in [5.74, 6) is 0.993. The number of ether oxygens (including phenoxy) is 1. The number of rotatable bonds is 4. The highest BCUT2D eigenvalue weighted by Crippen LogP contribution is 2.22. The highest BCUT2D eigenvalue weighted by molar-refractivity contribution is 5.80. The lowest BCUT2D eigenvalue weighted by atomic mass is 10.1. The fraction of sp³-hybridized carbons (Fsp3) is 0.417. The summed E-state index contributed by atoms with van der Waals surface area (Å²) in [5.41, 5.74) is 7.51. The van der Waals surface area contributed by atoms with E-state index in [1.54, 1.807) is 0 Å². The minimum absolute atomic E-state index is 0.137. The maximum absolute atomic E-state index is 7.29. The zero-order chi connectivity index (χ0) is 11.4. The zero-order valence-electron chi connectivity index (χ0n) is 9.50. The van der Waals surface area contributed by atoms with E-state index < -0.39 is 0 Å². The van der Waals surface area contributed by atoms with Crippen LogP contribution in [0.4, 0.5) is 0 Å². The number of aryl methyl sites for hydroxylation is 1. The molecule has 82 valence electrons. The third kappa shape index (κ3) is 3.62. The average molecular weight is 206 g/mol. The van der Waals surface area contributed by atoms with Crippen LogP contribution in [0.5, 0.6) is 5.75 Å². The Morgan fingerprint density at radius 1 is 1.47 bits per heavy atom. The Labute approximate surface area is 90.8 Å². The number of nitrogens with two attached hydrogens (primary N) is 1. The van der Waals surface area contributed by atoms with Crippen LogP contribution < -0.4 is 10.5 Å². The lowest BCUT2D eigenvalue weighted by Crippen LogP contribution is -2.15. The third-order valence-electron chi connectivity index (χ3n) is 1.97. The highest BCUT2D eigenvalue weighted by Gasteiger charge is 2.06. The normalized spacial score (nSPS) is 10.4. The number of hydrogen-bond acceptors (Lipinski definition) is 2. The van der Waals surface area contributed by atoms with Gasteiger partial charge in [0, 0.05) is 12.0 Å². The van der Waals surface area contributed by atoms with Crippen LogP contribution in [0, 0.1) is 12.3 Å². The summed E-state index contributed by atoms with van der Waals surface area (Å²) in [7, 11) is 0. The van der Waals surface area contributed by atoms with Crippen molar-refractivity contribution in [3.63, 3.8) is 0 Å². The molecule has 1 aromatic carbocycles. The molecule has 0 aliphatic rings. The number of hydrogen-bond donors (Lipinski definition) is 2. The van der Waals surface area contributed by atoms with E-state index in [9.17, 15) is 0 Å². The van der Waals surface area contributed by atoms with E-state index in [0.717, 1.165) is 16.9 Å². The van der Waals surface area contributed by atoms with Crippen molar-refractivity contribution in [2.75, 3.05) is 0 Å². The van der Waals surface area contributed by atoms with Gasteiger partial charge in [-0.2, -0.15) is 0 Å². The maximum Gasteiger partial charge on any atom is 0.123 e. The van der Waals surface area contributed by atoms with Gasteiger partial charge < -0.3 is 10.5 Å². The summed E-state index contributed by atoms with van der Waals surface area (Å²) in [5, 5.41) is 7.29. The molecular weight excluding hydrogens is 188 g/mol. The lowest BCUT2D eigenvalue weighted by Gasteiger charge is -2.14. The van der Waals surface area contributed by atoms with Crippen LogP contribution in [0.2, 0.25) is 0 Å². The topological polar surface area (TPSA) is 59.1 Å². The SMILES string of the molecule is Cc1ccc(CC(=N)N)c(OC(C)C)c1. The van der Waals surface area contributed by atoms with Gasteiger partial charge in [-0.05, 0) is 32.4 Å². The average Bonchev–Trinajstić information content (AvgIpc) is 2.08. The molecule has 0 bridgehead atoms. The van der Waals surface area contributed by atoms with Crippen molar-refractivity contribution in [2.45, 2.75) is 33.3 Å². The molecule has 0 heterocycles. The first-order valence-corrected chi connectivity index (χ1v) is 5.08. The molecule has 15 heavy (non-hydrogen) atoms. The molecule has 3 N–H and O–H groups in total. The summed E-state index contributed by atoms with van der Waals surface area (Å²) in [6.45, 7) is 5.99. The van der Waals surface area contributed by atoms with Gasteiger partial charge in [-0.25, -0.2) is 0 Å². The zero-order valence-corrected chi connectivity index (χ0v) is 9.50. The van der Waals surface area contributed by atoms with E-state index in [1.807, 2.05) is 39.0 Å². The quantitative estimate of drug-likeness (QED) is 0.586.